The first-order valence-corrected chi connectivity index (χ1v) is 17.3. The number of carbonyl (C=O) groups is 1. The molecule has 1 aromatic rings. The zero-order chi connectivity index (χ0) is 29.8. The number of fused-ring (bicyclic) bond motifs is 5. The number of benzene rings is 1. The smallest absolute Gasteiger partial charge is 0.331 e. The van der Waals surface area contributed by atoms with Crippen LogP contribution in [0.4, 0.5) is 0 Å². The van der Waals surface area contributed by atoms with Crippen molar-refractivity contribution in [1.82, 2.24) is 0 Å². The molecule has 5 saturated carbocycles. The van der Waals surface area contributed by atoms with Gasteiger partial charge in [0.15, 0.2) is 0 Å². The molecule has 0 aromatic heterocycles. The Morgan fingerprint density at radius 2 is 1.38 bits per heavy atom. The van der Waals surface area contributed by atoms with Crippen molar-refractivity contribution in [3.8, 4) is 0 Å². The molecule has 0 spiro atoms. The predicted molar refractivity (Wildman–Crippen MR) is 170 cm³/mol. The summed E-state index contributed by atoms with van der Waals surface area (Å²) < 4.78 is 13.0. The second-order valence-corrected chi connectivity index (χ2v) is 17.9. The fourth-order valence-electron chi connectivity index (χ4n) is 13.4. The molecular weight excluding hydrogens is 516 g/mol. The molecule has 0 radical (unpaired) electrons. The second-order valence-electron chi connectivity index (χ2n) is 17.9. The predicted octanol–water partition coefficient (Wildman–Crippen LogP) is 9.50. The van der Waals surface area contributed by atoms with E-state index in [9.17, 15) is 4.79 Å². The maximum atomic E-state index is 13.0. The first-order valence-electron chi connectivity index (χ1n) is 17.3. The van der Waals surface area contributed by atoms with Crippen molar-refractivity contribution in [3.63, 3.8) is 0 Å². The van der Waals surface area contributed by atoms with E-state index in [4.69, 9.17) is 9.47 Å². The lowest BCUT2D eigenvalue weighted by atomic mass is 9.32. The van der Waals surface area contributed by atoms with Crippen molar-refractivity contribution >= 4 is 12.0 Å². The van der Waals surface area contributed by atoms with Crippen LogP contribution in [0.1, 0.15) is 118 Å². The molecule has 3 nitrogen and oxygen atoms in total. The molecule has 0 unspecified atom stereocenters. The third kappa shape index (κ3) is 3.96. The molecule has 1 aliphatic heterocycles. The number of hydrogen-bond donors (Lipinski definition) is 0. The van der Waals surface area contributed by atoms with Gasteiger partial charge in [-0.05, 0) is 127 Å². The van der Waals surface area contributed by atoms with E-state index < -0.39 is 0 Å². The molecule has 2 bridgehead atoms. The van der Waals surface area contributed by atoms with Gasteiger partial charge in [0.2, 0.25) is 0 Å². The van der Waals surface area contributed by atoms with Crippen molar-refractivity contribution in [2.24, 2.45) is 56.2 Å². The van der Waals surface area contributed by atoms with E-state index in [0.29, 0.717) is 39.1 Å². The van der Waals surface area contributed by atoms with E-state index in [1.165, 1.54) is 57.8 Å². The summed E-state index contributed by atoms with van der Waals surface area (Å²) in [5, 5.41) is 0. The van der Waals surface area contributed by atoms with Crippen LogP contribution in [0.25, 0.3) is 6.08 Å². The Morgan fingerprint density at radius 3 is 2.14 bits per heavy atom. The average Bonchev–Trinajstić information content (AvgIpc) is 3.30. The summed E-state index contributed by atoms with van der Waals surface area (Å²) in [5.41, 5.74) is 2.82. The molecule has 3 heteroatoms. The Bertz CT molecular complexity index is 1250. The summed E-state index contributed by atoms with van der Waals surface area (Å²) in [7, 11) is 0. The van der Waals surface area contributed by atoms with E-state index in [1.807, 2.05) is 36.4 Å². The monoisotopic (exact) mass is 572 g/mol. The molecule has 1 heterocycles. The van der Waals surface area contributed by atoms with E-state index in [2.05, 4.69) is 48.5 Å². The summed E-state index contributed by atoms with van der Waals surface area (Å²) in [6.45, 7) is 18.9. The standard InChI is InChI=1S/C39H56O3/c1-34(2)23-24-39-22-17-29-37(6)19-15-27-35(3,4)30(42-31(40)14-13-26-11-9-8-10-12-26)18-21-36(27,5)28(37)16-20-38(29,7)32(39)33(34)41-25-39/h8-14,27-30,32-33H,15-25H2,1-7H3/b14-13+/t27-,28+,29+,30-,32+,33-,36+,37-,38-,39+/m1/s1. The lowest BCUT2D eigenvalue weighted by Crippen LogP contribution is -2.67. The van der Waals surface area contributed by atoms with Crippen molar-refractivity contribution in [2.45, 2.75) is 125 Å². The van der Waals surface area contributed by atoms with E-state index in [-0.39, 0.29) is 17.5 Å². The summed E-state index contributed by atoms with van der Waals surface area (Å²) in [6.07, 6.45) is 16.9. The fraction of sp³-hybridized carbons (Fsp3) is 0.769. The summed E-state index contributed by atoms with van der Waals surface area (Å²) in [6, 6.07) is 10.0. The van der Waals surface area contributed by atoms with Gasteiger partial charge in [0.25, 0.3) is 0 Å². The Hall–Kier alpha value is -1.61. The van der Waals surface area contributed by atoms with Crippen LogP contribution < -0.4 is 0 Å². The molecule has 5 aliphatic carbocycles. The van der Waals surface area contributed by atoms with Crippen LogP contribution in [-0.4, -0.2) is 24.8 Å². The third-order valence-corrected chi connectivity index (χ3v) is 15.3. The highest BCUT2D eigenvalue weighted by atomic mass is 16.5. The minimum Gasteiger partial charge on any atom is -0.459 e. The number of esters is 1. The molecule has 42 heavy (non-hydrogen) atoms. The second kappa shape index (κ2) is 9.45. The van der Waals surface area contributed by atoms with Crippen LogP contribution in [-0.2, 0) is 14.3 Å². The molecule has 6 aliphatic rings. The maximum Gasteiger partial charge on any atom is 0.331 e. The number of ether oxygens (including phenoxy) is 2. The molecule has 7 rings (SSSR count). The van der Waals surface area contributed by atoms with Crippen LogP contribution in [0.3, 0.4) is 0 Å². The van der Waals surface area contributed by atoms with Crippen molar-refractivity contribution in [1.29, 1.82) is 0 Å². The highest BCUT2D eigenvalue weighted by Gasteiger charge is 2.72. The average molecular weight is 573 g/mol. The Morgan fingerprint density at radius 1 is 0.762 bits per heavy atom. The largest absolute Gasteiger partial charge is 0.459 e. The van der Waals surface area contributed by atoms with Gasteiger partial charge in [0.05, 0.1) is 12.7 Å². The first kappa shape index (κ1) is 29.1. The summed E-state index contributed by atoms with van der Waals surface area (Å²) >= 11 is 0. The molecule has 1 aromatic carbocycles. The van der Waals surface area contributed by atoms with Gasteiger partial charge in [-0.2, -0.15) is 0 Å². The number of rotatable bonds is 3. The van der Waals surface area contributed by atoms with Gasteiger partial charge < -0.3 is 9.47 Å². The summed E-state index contributed by atoms with van der Waals surface area (Å²) in [5.74, 6) is 2.66. The highest BCUT2D eigenvalue weighted by molar-refractivity contribution is 5.87. The van der Waals surface area contributed by atoms with Crippen molar-refractivity contribution in [2.75, 3.05) is 6.61 Å². The minimum atomic E-state index is -0.196. The van der Waals surface area contributed by atoms with Gasteiger partial charge in [-0.25, -0.2) is 4.79 Å². The van der Waals surface area contributed by atoms with Crippen molar-refractivity contribution < 1.29 is 14.3 Å². The molecule has 1 saturated heterocycles. The topological polar surface area (TPSA) is 35.5 Å². The van der Waals surface area contributed by atoms with E-state index in [0.717, 1.165) is 36.3 Å². The van der Waals surface area contributed by atoms with Gasteiger partial charge in [0, 0.05) is 11.5 Å². The number of carbonyl (C=O) groups excluding carboxylic acids is 1. The van der Waals surface area contributed by atoms with Gasteiger partial charge in [0.1, 0.15) is 6.10 Å². The lowest BCUT2D eigenvalue weighted by Gasteiger charge is -2.72. The summed E-state index contributed by atoms with van der Waals surface area (Å²) in [4.78, 5) is 13.0. The molecule has 230 valence electrons. The molecule has 0 N–H and O–H groups in total. The van der Waals surface area contributed by atoms with Gasteiger partial charge in [-0.3, -0.25) is 0 Å². The maximum absolute atomic E-state index is 13.0. The van der Waals surface area contributed by atoms with E-state index in [1.54, 1.807) is 6.08 Å². The van der Waals surface area contributed by atoms with E-state index >= 15 is 0 Å². The van der Waals surface area contributed by atoms with Crippen LogP contribution in [0, 0.1) is 56.2 Å². The molecule has 6 fully saturated rings. The van der Waals surface area contributed by atoms with Crippen LogP contribution in [0.15, 0.2) is 36.4 Å². The van der Waals surface area contributed by atoms with Crippen LogP contribution in [0.2, 0.25) is 0 Å². The Balaban J connectivity index is 1.12. The first-order chi connectivity index (χ1) is 19.8. The van der Waals surface area contributed by atoms with Crippen LogP contribution >= 0.6 is 0 Å². The zero-order valence-corrected chi connectivity index (χ0v) is 27.5. The Kier molecular flexibility index (Phi) is 6.55. The van der Waals surface area contributed by atoms with Crippen molar-refractivity contribution in [3.05, 3.63) is 42.0 Å². The van der Waals surface area contributed by atoms with Gasteiger partial charge >= 0.3 is 5.97 Å². The van der Waals surface area contributed by atoms with Gasteiger partial charge in [-0.15, -0.1) is 0 Å². The Labute approximate surface area is 255 Å². The van der Waals surface area contributed by atoms with Gasteiger partial charge in [-0.1, -0.05) is 78.8 Å². The third-order valence-electron chi connectivity index (χ3n) is 15.3. The lowest BCUT2D eigenvalue weighted by molar-refractivity contribution is -0.246. The normalized spacial score (nSPS) is 48.5. The minimum absolute atomic E-state index is 0.0199. The molecular formula is C39H56O3. The van der Waals surface area contributed by atoms with Crippen LogP contribution in [0.5, 0.6) is 0 Å². The molecule has 10 atom stereocenters. The zero-order valence-electron chi connectivity index (χ0n) is 27.5. The molecule has 0 amide bonds. The highest BCUT2D eigenvalue weighted by Crippen LogP contribution is 2.77. The quantitative estimate of drug-likeness (QED) is 0.267. The number of hydrogen-bond acceptors (Lipinski definition) is 3. The fourth-order valence-corrected chi connectivity index (χ4v) is 13.4. The SMILES string of the molecule is CC1(C)CC[C@]23CC[C@H]4[C@]5(C)CC[C@@H]6C(C)(C)[C@H](OC(=O)/C=C/c7ccccc7)CC[C@]6(C)[C@@H]5CC[C@@]4(C)[C@@H]2[C@H]1OC3.